The van der Waals surface area contributed by atoms with Gasteiger partial charge in [0.2, 0.25) is 5.88 Å². The molecule has 4 aliphatic heterocycles. The van der Waals surface area contributed by atoms with E-state index in [-0.39, 0.29) is 56.5 Å². The number of hydrogen-bond acceptors (Lipinski definition) is 25. The highest BCUT2D eigenvalue weighted by Crippen LogP contribution is 2.38. The van der Waals surface area contributed by atoms with Crippen molar-refractivity contribution in [3.63, 3.8) is 0 Å². The van der Waals surface area contributed by atoms with E-state index in [1.54, 1.807) is 99.5 Å². The van der Waals surface area contributed by atoms with Gasteiger partial charge in [-0.25, -0.2) is 34.9 Å². The number of piperidine rings is 3. The first kappa shape index (κ1) is 83.4. The Labute approximate surface area is 689 Å². The van der Waals surface area contributed by atoms with Gasteiger partial charge in [-0.15, -0.1) is 0 Å². The SMILES string of the molecule is CC(C)(O)COc1cc(-c2ccc(N3CCC(Oc4ccccn4)CC3)nc2)n2c(C#N)cnc2c1.CC(C)(O)COc1cc(Br)n2c(C#N)cnc2c1.CC1(C)OB(c2ccc(N3CCC(Oc4cccnc4)CC3)nc2)OC1(C)C.Cc1cnc2cc(OCC(C)(C)O)cc(-c3ccc(N4CCC(Oc5cccnc5)CC4)nc3)n12. The number of aromatic nitrogens is 12. The number of ether oxygens (including phenoxy) is 6. The minimum Gasteiger partial charge on any atom is -0.490 e. The second kappa shape index (κ2) is 36.3. The van der Waals surface area contributed by atoms with Gasteiger partial charge in [0.25, 0.3) is 0 Å². The van der Waals surface area contributed by atoms with Gasteiger partial charge in [0, 0.05) is 186 Å². The summed E-state index contributed by atoms with van der Waals surface area (Å²) in [5.74, 6) is 6.98. The van der Waals surface area contributed by atoms with E-state index in [0.717, 1.165) is 146 Å². The highest BCUT2D eigenvalue weighted by molar-refractivity contribution is 9.10. The number of fused-ring (bicyclic) bond motifs is 3. The number of anilines is 3. The summed E-state index contributed by atoms with van der Waals surface area (Å²) in [4.78, 5) is 46.5. The molecule has 608 valence electrons. The summed E-state index contributed by atoms with van der Waals surface area (Å²) >= 11 is 3.37. The van der Waals surface area contributed by atoms with Crippen LogP contribution in [0.1, 0.15) is 125 Å². The van der Waals surface area contributed by atoms with Gasteiger partial charge in [0.05, 0.1) is 68.8 Å². The van der Waals surface area contributed by atoms with Crippen molar-refractivity contribution in [1.82, 2.24) is 58.1 Å². The minimum atomic E-state index is -0.973. The summed E-state index contributed by atoms with van der Waals surface area (Å²) in [7, 11) is -0.370. The van der Waals surface area contributed by atoms with Crippen LogP contribution in [-0.2, 0) is 9.31 Å². The molecule has 0 aromatic carbocycles. The number of nitriles is 2. The Morgan fingerprint density at radius 1 is 0.453 bits per heavy atom. The van der Waals surface area contributed by atoms with Crippen molar-refractivity contribution in [2.45, 2.75) is 161 Å². The maximum atomic E-state index is 10.1. The van der Waals surface area contributed by atoms with Crippen molar-refractivity contribution in [2.24, 2.45) is 0 Å². The molecular weight excluding hydrogens is 1550 g/mol. The van der Waals surface area contributed by atoms with Gasteiger partial charge in [0.15, 0.2) is 0 Å². The van der Waals surface area contributed by atoms with Gasteiger partial charge in [0.1, 0.15) is 125 Å². The number of rotatable bonds is 21. The first-order valence-electron chi connectivity index (χ1n) is 39.2. The third kappa shape index (κ3) is 21.8. The van der Waals surface area contributed by atoms with E-state index in [2.05, 4.69) is 134 Å². The van der Waals surface area contributed by atoms with Gasteiger partial charge in [-0.2, -0.15) is 10.5 Å². The van der Waals surface area contributed by atoms with Gasteiger partial charge < -0.3 is 67.7 Å². The van der Waals surface area contributed by atoms with Crippen LogP contribution < -0.4 is 48.6 Å². The molecule has 0 aliphatic carbocycles. The molecule has 117 heavy (non-hydrogen) atoms. The zero-order valence-electron chi connectivity index (χ0n) is 67.8. The number of aliphatic hydroxyl groups is 3. The molecule has 16 rings (SSSR count). The van der Waals surface area contributed by atoms with E-state index >= 15 is 0 Å². The molecular formula is C87H99BBrN17O11. The highest BCUT2D eigenvalue weighted by atomic mass is 79.9. The van der Waals surface area contributed by atoms with E-state index < -0.39 is 16.8 Å². The Morgan fingerprint density at radius 3 is 1.28 bits per heavy atom. The maximum Gasteiger partial charge on any atom is 0.496 e. The van der Waals surface area contributed by atoms with Gasteiger partial charge in [-0.3, -0.25) is 23.2 Å². The van der Waals surface area contributed by atoms with Crippen LogP contribution in [0.2, 0.25) is 0 Å². The fourth-order valence-electron chi connectivity index (χ4n) is 13.6. The highest BCUT2D eigenvalue weighted by Gasteiger charge is 2.52. The fraction of sp³-hybridized carbons (Fsp3) is 0.391. The lowest BCUT2D eigenvalue weighted by atomic mass is 9.80. The largest absolute Gasteiger partial charge is 0.496 e. The van der Waals surface area contributed by atoms with E-state index in [1.165, 1.54) is 12.4 Å². The molecule has 4 saturated heterocycles. The van der Waals surface area contributed by atoms with Crippen LogP contribution in [0, 0.1) is 29.6 Å². The van der Waals surface area contributed by atoms with Crippen LogP contribution in [-0.4, -0.2) is 186 Å². The molecule has 4 fully saturated rings. The molecule has 0 atom stereocenters. The average Bonchev–Trinajstić information content (AvgIpc) is 1.67. The van der Waals surface area contributed by atoms with Gasteiger partial charge in [-0.1, -0.05) is 12.1 Å². The normalized spacial score (nSPS) is 15.9. The Morgan fingerprint density at radius 2 is 0.872 bits per heavy atom. The number of hydrogen-bond donors (Lipinski definition) is 3. The molecule has 0 saturated carbocycles. The second-order valence-corrected chi connectivity index (χ2v) is 33.1. The summed E-state index contributed by atoms with van der Waals surface area (Å²) < 4.78 is 53.7. The van der Waals surface area contributed by atoms with Crippen LogP contribution in [0.25, 0.3) is 39.5 Å². The van der Waals surface area contributed by atoms with Crippen LogP contribution >= 0.6 is 15.9 Å². The van der Waals surface area contributed by atoms with Crippen molar-refractivity contribution in [1.29, 1.82) is 10.5 Å². The van der Waals surface area contributed by atoms with Crippen LogP contribution in [0.5, 0.6) is 34.6 Å². The van der Waals surface area contributed by atoms with Crippen LogP contribution in [0.4, 0.5) is 17.5 Å². The first-order chi connectivity index (χ1) is 56.0. The smallest absolute Gasteiger partial charge is 0.490 e. The molecule has 0 unspecified atom stereocenters. The summed E-state index contributed by atoms with van der Waals surface area (Å²) in [6, 6.07) is 40.8. The topological polar surface area (TPSA) is 321 Å². The first-order valence-corrected chi connectivity index (χ1v) is 40.0. The van der Waals surface area contributed by atoms with Crippen molar-refractivity contribution in [2.75, 3.05) is 73.8 Å². The summed E-state index contributed by atoms with van der Waals surface area (Å²) in [5, 5.41) is 48.2. The molecule has 0 radical (unpaired) electrons. The molecule has 0 amide bonds. The molecule has 16 heterocycles. The van der Waals surface area contributed by atoms with Gasteiger partial charge >= 0.3 is 7.12 Å². The molecule has 4 aliphatic rings. The number of pyridine rings is 9. The van der Waals surface area contributed by atoms with Crippen LogP contribution in [0.15, 0.2) is 188 Å². The third-order valence-corrected chi connectivity index (χ3v) is 20.9. The number of nitrogens with zero attached hydrogens (tertiary/aromatic N) is 17. The van der Waals surface area contributed by atoms with E-state index in [4.69, 9.17) is 53.0 Å². The Kier molecular flexibility index (Phi) is 25.9. The minimum absolute atomic E-state index is 0.131. The Bertz CT molecular complexity index is 5340. The van der Waals surface area contributed by atoms with Crippen molar-refractivity contribution in [3.05, 3.63) is 205 Å². The molecule has 0 bridgehead atoms. The lowest BCUT2D eigenvalue weighted by molar-refractivity contribution is 0.00578. The molecule has 12 aromatic heterocycles. The monoisotopic (exact) mass is 1650 g/mol. The molecule has 30 heteroatoms. The lowest BCUT2D eigenvalue weighted by Crippen LogP contribution is -2.41. The molecule has 3 N–H and O–H groups in total. The lowest BCUT2D eigenvalue weighted by Gasteiger charge is -2.33. The van der Waals surface area contributed by atoms with Crippen molar-refractivity contribution < 1.29 is 53.0 Å². The van der Waals surface area contributed by atoms with E-state index in [9.17, 15) is 20.6 Å². The average molecular weight is 1650 g/mol. The Balaban J connectivity index is 0.000000139. The maximum absolute atomic E-state index is 10.1. The summed E-state index contributed by atoms with van der Waals surface area (Å²) in [6.45, 7) is 26.3. The molecule has 12 aromatic rings. The molecule has 0 spiro atoms. The van der Waals surface area contributed by atoms with Gasteiger partial charge in [-0.05, 0) is 153 Å². The zero-order valence-corrected chi connectivity index (χ0v) is 69.4. The fourth-order valence-corrected chi connectivity index (χ4v) is 14.1. The van der Waals surface area contributed by atoms with E-state index in [0.29, 0.717) is 50.4 Å². The second-order valence-electron chi connectivity index (χ2n) is 32.3. The third-order valence-electron chi connectivity index (χ3n) is 20.4. The predicted octanol–water partition coefficient (Wildman–Crippen LogP) is 13.1. The number of imidazole rings is 3. The standard InChI is InChI=1S/C27H28N6O3.C27H31N5O3.C21H28BN3O3.C12H12BrN3O2/c1-27(2,34)18-35-22-13-23(33-20(15-28)17-31-25(33)14-22)19-6-7-24(30-16-19)32-11-8-21(9-12-32)36-26-5-3-4-10-29-26;1-19-15-29-26-14-23(34-18-27(2,3)33)13-24(32(19)26)20-6-7-25(30-16-20)31-11-8-21(9-12-31)35-22-5-4-10-28-17-22;1-20(2)21(3,4)28-22(27-20)16-7-8-19(24-14-16)25-12-9-17(10-13-25)26-18-6-5-11-23-15-18;1-12(2,17)7-18-9-3-10(13)16-8(5-14)6-15-11(16)4-9/h3-7,10,13-14,16-17,21,34H,8-9,11-12,18H2,1-2H3;4-7,10,13-17,21,33H,8-9,11-12,18H2,1-3H3;5-8,11,14-15,17H,9-10,12-13H2,1-4H3;3-4,6,17H,7H2,1-2H3. The van der Waals surface area contributed by atoms with E-state index in [1.807, 2.05) is 105 Å². The van der Waals surface area contributed by atoms with Crippen molar-refractivity contribution in [3.8, 4) is 69.3 Å². The predicted molar refractivity (Wildman–Crippen MR) is 450 cm³/mol. The summed E-state index contributed by atoms with van der Waals surface area (Å²) in [5.41, 5.74) is 4.90. The Hall–Kier alpha value is -11.5. The summed E-state index contributed by atoms with van der Waals surface area (Å²) in [6.07, 6.45) is 25.4. The van der Waals surface area contributed by atoms with Crippen molar-refractivity contribution >= 4 is 62.9 Å². The number of aryl methyl sites for hydroxylation is 1. The quantitative estimate of drug-likeness (QED) is 0.0444. The zero-order chi connectivity index (χ0) is 82.7. The molecule has 28 nitrogen and oxygen atoms in total. The number of halogens is 1. The van der Waals surface area contributed by atoms with Crippen LogP contribution in [0.3, 0.4) is 0 Å².